The summed E-state index contributed by atoms with van der Waals surface area (Å²) in [6, 6.07) is 0.832. The number of carbonyl (C=O) groups excluding carboxylic acids is 1. The van der Waals surface area contributed by atoms with Crippen LogP contribution in [0.5, 0.6) is 0 Å². The number of guanidine groups is 1. The highest BCUT2D eigenvalue weighted by atomic mass is 16.2. The number of piperidine rings is 1. The second kappa shape index (κ2) is 10.8. The van der Waals surface area contributed by atoms with Crippen LogP contribution >= 0.6 is 0 Å². The maximum Gasteiger partial charge on any atom is 0.225 e. The molecule has 0 unspecified atom stereocenters. The lowest BCUT2D eigenvalue weighted by Gasteiger charge is -2.35. The van der Waals surface area contributed by atoms with E-state index in [4.69, 9.17) is 4.99 Å². The first-order chi connectivity index (χ1) is 14.5. The maximum absolute atomic E-state index is 12.7. The van der Waals surface area contributed by atoms with E-state index in [2.05, 4.69) is 39.6 Å². The molecule has 8 heteroatoms. The number of rotatable bonds is 7. The molecule has 1 saturated carbocycles. The van der Waals surface area contributed by atoms with Crippen molar-refractivity contribution in [3.8, 4) is 0 Å². The highest BCUT2D eigenvalue weighted by Crippen LogP contribution is 2.19. The molecule has 0 aromatic carbocycles. The van der Waals surface area contributed by atoms with E-state index < -0.39 is 0 Å². The molecule has 1 aromatic rings. The summed E-state index contributed by atoms with van der Waals surface area (Å²) in [7, 11) is 1.98. The van der Waals surface area contributed by atoms with Gasteiger partial charge < -0.3 is 20.1 Å². The van der Waals surface area contributed by atoms with Gasteiger partial charge in [-0.25, -0.2) is 4.99 Å². The molecule has 1 aliphatic carbocycles. The second-order valence-corrected chi connectivity index (χ2v) is 8.77. The average Bonchev–Trinajstić information content (AvgIpc) is 3.38. The molecule has 1 amide bonds. The van der Waals surface area contributed by atoms with Gasteiger partial charge in [0.05, 0.1) is 0 Å². The summed E-state index contributed by atoms with van der Waals surface area (Å²) in [6.45, 7) is 8.32. The standard InChI is InChI=1S/C22H39N7O/c1-5-17(6-2)21(30)29-13-11-19(12-14-29)25-22(24-18-9-7-8-10-18)23-15-20-27-26-16(3)28(20)4/h17-19H,5-15H2,1-4H3,(H2,23,24,25). The fourth-order valence-corrected chi connectivity index (χ4v) is 4.47. The zero-order valence-corrected chi connectivity index (χ0v) is 19.2. The summed E-state index contributed by atoms with van der Waals surface area (Å²) in [5, 5.41) is 15.6. The Hall–Kier alpha value is -2.12. The summed E-state index contributed by atoms with van der Waals surface area (Å²) >= 11 is 0. The number of aromatic nitrogens is 3. The molecule has 30 heavy (non-hydrogen) atoms. The van der Waals surface area contributed by atoms with Gasteiger partial charge in [0.15, 0.2) is 11.8 Å². The molecule has 0 bridgehead atoms. The van der Waals surface area contributed by atoms with Gasteiger partial charge in [-0.05, 0) is 45.4 Å². The Morgan fingerprint density at radius 1 is 1.07 bits per heavy atom. The van der Waals surface area contributed by atoms with Crippen LogP contribution in [0, 0.1) is 12.8 Å². The third-order valence-electron chi connectivity index (χ3n) is 6.74. The first-order valence-electron chi connectivity index (χ1n) is 11.7. The number of hydrogen-bond donors (Lipinski definition) is 2. The molecule has 168 valence electrons. The van der Waals surface area contributed by atoms with Crippen LogP contribution in [0.25, 0.3) is 0 Å². The lowest BCUT2D eigenvalue weighted by Crippen LogP contribution is -2.52. The molecule has 2 aliphatic rings. The Morgan fingerprint density at radius 2 is 1.67 bits per heavy atom. The average molecular weight is 418 g/mol. The number of amides is 1. The predicted molar refractivity (Wildman–Crippen MR) is 119 cm³/mol. The third kappa shape index (κ3) is 5.73. The number of likely N-dealkylation sites (tertiary alicyclic amines) is 1. The number of aliphatic imine (C=N–C) groups is 1. The topological polar surface area (TPSA) is 87.4 Å². The van der Waals surface area contributed by atoms with Crippen molar-refractivity contribution < 1.29 is 4.79 Å². The second-order valence-electron chi connectivity index (χ2n) is 8.77. The number of nitrogens with zero attached hydrogens (tertiary/aromatic N) is 5. The van der Waals surface area contributed by atoms with Gasteiger partial charge in [-0.2, -0.15) is 0 Å². The van der Waals surface area contributed by atoms with Crippen molar-refractivity contribution in [2.24, 2.45) is 18.0 Å². The first kappa shape index (κ1) is 22.6. The van der Waals surface area contributed by atoms with Gasteiger partial charge in [0.1, 0.15) is 12.4 Å². The molecule has 1 saturated heterocycles. The summed E-state index contributed by atoms with van der Waals surface area (Å²) in [5.74, 6) is 3.13. The number of carbonyl (C=O) groups is 1. The Kier molecular flexibility index (Phi) is 8.10. The molecule has 0 spiro atoms. The third-order valence-corrected chi connectivity index (χ3v) is 6.74. The van der Waals surface area contributed by atoms with E-state index in [1.807, 2.05) is 18.5 Å². The monoisotopic (exact) mass is 417 g/mol. The van der Waals surface area contributed by atoms with Crippen LogP contribution in [0.3, 0.4) is 0 Å². The van der Waals surface area contributed by atoms with Crippen molar-refractivity contribution in [2.75, 3.05) is 13.1 Å². The molecule has 2 fully saturated rings. The SMILES string of the molecule is CCC(CC)C(=O)N1CCC(NC(=NCc2nnc(C)n2C)NC2CCCC2)CC1. The Bertz CT molecular complexity index is 711. The summed E-state index contributed by atoms with van der Waals surface area (Å²) < 4.78 is 1.98. The van der Waals surface area contributed by atoms with Gasteiger partial charge in [-0.15, -0.1) is 10.2 Å². The zero-order valence-electron chi connectivity index (χ0n) is 19.2. The van der Waals surface area contributed by atoms with Gasteiger partial charge in [0.25, 0.3) is 0 Å². The van der Waals surface area contributed by atoms with Crippen LogP contribution < -0.4 is 10.6 Å². The van der Waals surface area contributed by atoms with E-state index in [0.29, 0.717) is 24.5 Å². The van der Waals surface area contributed by atoms with Crippen LogP contribution in [-0.2, 0) is 18.4 Å². The van der Waals surface area contributed by atoms with E-state index in [0.717, 1.165) is 56.4 Å². The maximum atomic E-state index is 12.7. The Labute approximate surface area is 180 Å². The molecule has 1 aliphatic heterocycles. The van der Waals surface area contributed by atoms with E-state index in [1.54, 1.807) is 0 Å². The van der Waals surface area contributed by atoms with Gasteiger partial charge in [0, 0.05) is 38.1 Å². The van der Waals surface area contributed by atoms with Crippen molar-refractivity contribution in [3.63, 3.8) is 0 Å². The molecule has 0 atom stereocenters. The van der Waals surface area contributed by atoms with Crippen LogP contribution in [0.1, 0.15) is 76.9 Å². The summed E-state index contributed by atoms with van der Waals surface area (Å²) in [6.07, 6.45) is 8.74. The fraction of sp³-hybridized carbons (Fsp3) is 0.818. The number of aryl methyl sites for hydroxylation is 1. The highest BCUT2D eigenvalue weighted by molar-refractivity contribution is 5.81. The van der Waals surface area contributed by atoms with Crippen LogP contribution in [0.15, 0.2) is 4.99 Å². The molecule has 8 nitrogen and oxygen atoms in total. The number of hydrogen-bond acceptors (Lipinski definition) is 4. The van der Waals surface area contributed by atoms with Crippen molar-refractivity contribution in [1.29, 1.82) is 0 Å². The normalized spacial score (nSPS) is 19.0. The Morgan fingerprint density at radius 3 is 2.20 bits per heavy atom. The largest absolute Gasteiger partial charge is 0.354 e. The van der Waals surface area contributed by atoms with Crippen molar-refractivity contribution in [3.05, 3.63) is 11.6 Å². The van der Waals surface area contributed by atoms with Gasteiger partial charge in [-0.3, -0.25) is 4.79 Å². The Balaban J connectivity index is 1.58. The molecule has 0 radical (unpaired) electrons. The van der Waals surface area contributed by atoms with E-state index in [9.17, 15) is 4.79 Å². The van der Waals surface area contributed by atoms with Gasteiger partial charge in [0.2, 0.25) is 5.91 Å². The molecule has 2 N–H and O–H groups in total. The van der Waals surface area contributed by atoms with E-state index in [1.165, 1.54) is 25.7 Å². The molecule has 2 heterocycles. The van der Waals surface area contributed by atoms with Crippen molar-refractivity contribution in [1.82, 2.24) is 30.3 Å². The highest BCUT2D eigenvalue weighted by Gasteiger charge is 2.27. The minimum absolute atomic E-state index is 0.172. The smallest absolute Gasteiger partial charge is 0.225 e. The van der Waals surface area contributed by atoms with Crippen LogP contribution in [-0.4, -0.2) is 56.7 Å². The van der Waals surface area contributed by atoms with Crippen LogP contribution in [0.2, 0.25) is 0 Å². The van der Waals surface area contributed by atoms with Gasteiger partial charge >= 0.3 is 0 Å². The van der Waals surface area contributed by atoms with E-state index >= 15 is 0 Å². The zero-order chi connectivity index (χ0) is 21.5. The molecular formula is C22H39N7O. The summed E-state index contributed by atoms with van der Waals surface area (Å²) in [4.78, 5) is 19.5. The van der Waals surface area contributed by atoms with Gasteiger partial charge in [-0.1, -0.05) is 26.7 Å². The first-order valence-corrected chi connectivity index (χ1v) is 11.7. The van der Waals surface area contributed by atoms with Crippen molar-refractivity contribution >= 4 is 11.9 Å². The molecule has 1 aromatic heterocycles. The minimum Gasteiger partial charge on any atom is -0.354 e. The quantitative estimate of drug-likeness (QED) is 0.526. The summed E-state index contributed by atoms with van der Waals surface area (Å²) in [5.41, 5.74) is 0. The van der Waals surface area contributed by atoms with E-state index in [-0.39, 0.29) is 5.92 Å². The number of nitrogens with one attached hydrogen (secondary N) is 2. The lowest BCUT2D eigenvalue weighted by molar-refractivity contribution is -0.136. The lowest BCUT2D eigenvalue weighted by atomic mass is 9.98. The molecular weight excluding hydrogens is 378 g/mol. The van der Waals surface area contributed by atoms with Crippen molar-refractivity contribution in [2.45, 2.75) is 90.8 Å². The molecule has 3 rings (SSSR count). The minimum atomic E-state index is 0.172. The fourth-order valence-electron chi connectivity index (χ4n) is 4.47. The predicted octanol–water partition coefficient (Wildman–Crippen LogP) is 2.53. The van der Waals surface area contributed by atoms with Crippen LogP contribution in [0.4, 0.5) is 0 Å².